The van der Waals surface area contributed by atoms with Crippen LogP contribution in [0.4, 0.5) is 0 Å². The highest BCUT2D eigenvalue weighted by molar-refractivity contribution is 9.10. The van der Waals surface area contributed by atoms with Crippen molar-refractivity contribution in [2.24, 2.45) is 5.73 Å². The van der Waals surface area contributed by atoms with Crippen LogP contribution in [0.3, 0.4) is 0 Å². The number of nitrogens with zero attached hydrogens (tertiary/aromatic N) is 1. The molecule has 0 saturated carbocycles. The van der Waals surface area contributed by atoms with Gasteiger partial charge in [-0.1, -0.05) is 46.3 Å². The van der Waals surface area contributed by atoms with E-state index in [2.05, 4.69) is 22.0 Å². The predicted molar refractivity (Wildman–Crippen MR) is 131 cm³/mol. The number of esters is 1. The summed E-state index contributed by atoms with van der Waals surface area (Å²) in [4.78, 5) is 12.9. The lowest BCUT2D eigenvalue weighted by Gasteiger charge is -2.26. The maximum absolute atomic E-state index is 12.9. The quantitative estimate of drug-likeness (QED) is 0.256. The first-order valence-electron chi connectivity index (χ1n) is 10.5. The molecule has 1 atom stereocenters. The molecule has 0 aliphatic carbocycles. The van der Waals surface area contributed by atoms with E-state index in [0.29, 0.717) is 16.9 Å². The summed E-state index contributed by atoms with van der Waals surface area (Å²) in [5, 5.41) is 10.6. The van der Waals surface area contributed by atoms with Gasteiger partial charge in [-0.25, -0.2) is 4.79 Å². The summed E-state index contributed by atoms with van der Waals surface area (Å²) in [6.45, 7) is 3.78. The van der Waals surface area contributed by atoms with Crippen molar-refractivity contribution < 1.29 is 18.7 Å². The smallest absolute Gasteiger partial charge is 0.379 e. The van der Waals surface area contributed by atoms with Crippen molar-refractivity contribution >= 4 is 32.9 Å². The molecule has 4 aromatic rings. The fourth-order valence-corrected chi connectivity index (χ4v) is 4.44. The number of ether oxygens (including phenoxy) is 2. The lowest BCUT2D eigenvalue weighted by molar-refractivity contribution is 0.0702. The van der Waals surface area contributed by atoms with E-state index in [9.17, 15) is 10.1 Å². The first kappa shape index (κ1) is 21.8. The highest BCUT2D eigenvalue weighted by atomic mass is 79.9. The average Bonchev–Trinajstić information content (AvgIpc) is 3.14. The Morgan fingerprint density at radius 1 is 1.09 bits per heavy atom. The second kappa shape index (κ2) is 8.40. The Bertz CT molecular complexity index is 1530. The maximum Gasteiger partial charge on any atom is 0.379 e. The molecular weight excluding hydrogens is 496 g/mol. The molecule has 6 nitrogen and oxygen atoms in total. The van der Waals surface area contributed by atoms with E-state index in [1.807, 2.05) is 56.3 Å². The molecule has 1 unspecified atom stereocenters. The van der Waals surface area contributed by atoms with Gasteiger partial charge in [-0.15, -0.1) is 0 Å². The molecule has 1 aliphatic heterocycles. The van der Waals surface area contributed by atoms with Gasteiger partial charge in [-0.3, -0.25) is 0 Å². The number of hydrogen-bond acceptors (Lipinski definition) is 6. The Morgan fingerprint density at radius 2 is 1.85 bits per heavy atom. The second-order valence-electron chi connectivity index (χ2n) is 8.12. The molecular formula is C27H19BrN2O4. The van der Waals surface area contributed by atoms with Crippen LogP contribution in [0.25, 0.3) is 11.0 Å². The molecule has 7 heteroatoms. The summed E-state index contributed by atoms with van der Waals surface area (Å²) in [5.41, 5.74) is 10.4. The third-order valence-electron chi connectivity index (χ3n) is 5.88. The van der Waals surface area contributed by atoms with E-state index in [-0.39, 0.29) is 17.4 Å². The average molecular weight is 515 g/mol. The standard InChI is InChI=1S/C27H19BrN2O4/c1-14-3-9-19-15(2)25(33-22(19)11-14)27(31)32-18-8-10-20-23(12-18)34-26(30)21(13-29)24(20)16-4-6-17(28)7-5-16/h3-12,24H,30H2,1-2H3. The van der Waals surface area contributed by atoms with E-state index in [4.69, 9.17) is 19.6 Å². The van der Waals surface area contributed by atoms with Crippen molar-refractivity contribution in [3.05, 3.63) is 105 Å². The van der Waals surface area contributed by atoms with Gasteiger partial charge in [-0.05, 0) is 49.2 Å². The highest BCUT2D eigenvalue weighted by Gasteiger charge is 2.31. The van der Waals surface area contributed by atoms with Gasteiger partial charge in [0, 0.05) is 27.1 Å². The van der Waals surface area contributed by atoms with Gasteiger partial charge in [0.1, 0.15) is 28.7 Å². The van der Waals surface area contributed by atoms with Crippen LogP contribution in [-0.4, -0.2) is 5.97 Å². The summed E-state index contributed by atoms with van der Waals surface area (Å²) in [7, 11) is 0. The van der Waals surface area contributed by atoms with Crippen LogP contribution in [0.15, 0.2) is 81.0 Å². The van der Waals surface area contributed by atoms with Crippen LogP contribution in [0.2, 0.25) is 0 Å². The number of rotatable bonds is 3. The molecule has 3 aromatic carbocycles. The molecule has 34 heavy (non-hydrogen) atoms. The van der Waals surface area contributed by atoms with Crippen molar-refractivity contribution in [3.63, 3.8) is 0 Å². The van der Waals surface area contributed by atoms with Crippen molar-refractivity contribution in [2.45, 2.75) is 19.8 Å². The Kier molecular flexibility index (Phi) is 5.39. The molecule has 0 bridgehead atoms. The summed E-state index contributed by atoms with van der Waals surface area (Å²) in [6, 6.07) is 20.7. The zero-order chi connectivity index (χ0) is 24.0. The first-order valence-corrected chi connectivity index (χ1v) is 11.3. The van der Waals surface area contributed by atoms with Gasteiger partial charge in [-0.2, -0.15) is 5.26 Å². The number of nitrogens with two attached hydrogens (primary N) is 1. The first-order chi connectivity index (χ1) is 16.4. The Labute approximate surface area is 204 Å². The molecule has 2 heterocycles. The van der Waals surface area contributed by atoms with Crippen LogP contribution in [0.5, 0.6) is 11.5 Å². The molecule has 2 N–H and O–H groups in total. The molecule has 0 spiro atoms. The minimum absolute atomic E-state index is 0.0230. The Morgan fingerprint density at radius 3 is 2.59 bits per heavy atom. The molecule has 0 amide bonds. The van der Waals surface area contributed by atoms with Gasteiger partial charge >= 0.3 is 5.97 Å². The monoisotopic (exact) mass is 514 g/mol. The zero-order valence-electron chi connectivity index (χ0n) is 18.4. The van der Waals surface area contributed by atoms with Gasteiger partial charge in [0.05, 0.1) is 5.92 Å². The summed E-state index contributed by atoms with van der Waals surface area (Å²) in [5.74, 6) is -0.123. The lowest BCUT2D eigenvalue weighted by Crippen LogP contribution is -2.21. The minimum atomic E-state index is -0.604. The van der Waals surface area contributed by atoms with E-state index in [1.54, 1.807) is 18.2 Å². The lowest BCUT2D eigenvalue weighted by atomic mass is 9.83. The molecule has 5 rings (SSSR count). The highest BCUT2D eigenvalue weighted by Crippen LogP contribution is 2.43. The molecule has 1 aromatic heterocycles. The van der Waals surface area contributed by atoms with Crippen molar-refractivity contribution in [3.8, 4) is 17.6 Å². The molecule has 0 saturated heterocycles. The van der Waals surface area contributed by atoms with Gasteiger partial charge in [0.25, 0.3) is 0 Å². The Hall–Kier alpha value is -4.02. The number of nitriles is 1. The number of fused-ring (bicyclic) bond motifs is 2. The number of aryl methyl sites for hydroxylation is 2. The van der Waals surface area contributed by atoms with E-state index < -0.39 is 11.9 Å². The molecule has 0 radical (unpaired) electrons. The van der Waals surface area contributed by atoms with E-state index in [1.165, 1.54) is 0 Å². The number of furan rings is 1. The van der Waals surface area contributed by atoms with Gasteiger partial charge in [0.15, 0.2) is 0 Å². The second-order valence-corrected chi connectivity index (χ2v) is 9.04. The number of halogens is 1. The van der Waals surface area contributed by atoms with E-state index in [0.717, 1.165) is 32.1 Å². The maximum atomic E-state index is 12.9. The third kappa shape index (κ3) is 3.72. The minimum Gasteiger partial charge on any atom is -0.449 e. The zero-order valence-corrected chi connectivity index (χ0v) is 20.0. The summed E-state index contributed by atoms with van der Waals surface area (Å²) in [6.07, 6.45) is 0. The van der Waals surface area contributed by atoms with E-state index >= 15 is 0 Å². The number of carbonyl (C=O) groups is 1. The fraction of sp³-hybridized carbons (Fsp3) is 0.111. The summed E-state index contributed by atoms with van der Waals surface area (Å²) >= 11 is 3.43. The van der Waals surface area contributed by atoms with Crippen LogP contribution in [-0.2, 0) is 0 Å². The fourth-order valence-electron chi connectivity index (χ4n) is 4.18. The van der Waals surface area contributed by atoms with Crippen LogP contribution in [0, 0.1) is 25.2 Å². The SMILES string of the molecule is Cc1ccc2c(C)c(C(=O)Oc3ccc4c(c3)OC(N)=C(C#N)C4c3ccc(Br)cc3)oc2c1. The normalized spacial score (nSPS) is 14.9. The van der Waals surface area contributed by atoms with Crippen molar-refractivity contribution in [2.75, 3.05) is 0 Å². The largest absolute Gasteiger partial charge is 0.449 e. The van der Waals surface area contributed by atoms with Crippen LogP contribution in [0.1, 0.15) is 38.7 Å². The molecule has 0 fully saturated rings. The van der Waals surface area contributed by atoms with Crippen molar-refractivity contribution in [1.82, 2.24) is 0 Å². The predicted octanol–water partition coefficient (Wildman–Crippen LogP) is 6.25. The molecule has 168 valence electrons. The number of benzene rings is 3. The number of carbonyl (C=O) groups excluding carboxylic acids is 1. The van der Waals surface area contributed by atoms with Gasteiger partial charge < -0.3 is 19.6 Å². The number of hydrogen-bond donors (Lipinski definition) is 1. The van der Waals surface area contributed by atoms with Crippen molar-refractivity contribution in [1.29, 1.82) is 5.26 Å². The topological polar surface area (TPSA) is 98.5 Å². The van der Waals surface area contributed by atoms with Gasteiger partial charge in [0.2, 0.25) is 11.6 Å². The number of allylic oxidation sites excluding steroid dienone is 1. The third-order valence-corrected chi connectivity index (χ3v) is 6.41. The Balaban J connectivity index is 1.49. The van der Waals surface area contributed by atoms with Crippen LogP contribution < -0.4 is 15.2 Å². The summed E-state index contributed by atoms with van der Waals surface area (Å²) < 4.78 is 18.1. The molecule has 1 aliphatic rings. The van der Waals surface area contributed by atoms with Crippen LogP contribution >= 0.6 is 15.9 Å².